The average molecular weight is 229 g/mol. The Labute approximate surface area is 103 Å². The normalized spacial score (nSPS) is 14.5. The van der Waals surface area contributed by atoms with E-state index in [0.717, 1.165) is 44.2 Å². The zero-order valence-electron chi connectivity index (χ0n) is 10.5. The van der Waals surface area contributed by atoms with E-state index in [1.54, 1.807) is 0 Å². The van der Waals surface area contributed by atoms with Gasteiger partial charge in [0.05, 0.1) is 0 Å². The summed E-state index contributed by atoms with van der Waals surface area (Å²) in [4.78, 5) is 11.8. The Hall–Kier alpha value is -1.49. The molecule has 2 nitrogen and oxygen atoms in total. The first-order valence-corrected chi connectivity index (χ1v) is 6.39. The second-order valence-corrected chi connectivity index (χ2v) is 4.74. The summed E-state index contributed by atoms with van der Waals surface area (Å²) in [6, 6.07) is 2.05. The van der Waals surface area contributed by atoms with E-state index < -0.39 is 0 Å². The van der Waals surface area contributed by atoms with Gasteiger partial charge >= 0.3 is 0 Å². The number of Topliss-reactive ketones (excluding diaryl/α,β-unsaturated/α-hetero) is 1. The van der Waals surface area contributed by atoms with E-state index >= 15 is 0 Å². The van der Waals surface area contributed by atoms with Crippen molar-refractivity contribution in [2.24, 2.45) is 0 Å². The third kappa shape index (κ3) is 2.44. The number of unbranched alkanes of at least 4 members (excludes halogenated alkanes) is 2. The van der Waals surface area contributed by atoms with Crippen LogP contribution in [0.25, 0.3) is 0 Å². The van der Waals surface area contributed by atoms with Crippen molar-refractivity contribution in [1.29, 1.82) is 0 Å². The zero-order valence-corrected chi connectivity index (χ0v) is 10.5. The molecular formula is C15H19NO. The number of carbonyl (C=O) groups excluding carboxylic acids is 1. The first kappa shape index (κ1) is 12.0. The fraction of sp³-hybridized carbons (Fsp3) is 0.533. The monoisotopic (exact) mass is 229 g/mol. The van der Waals surface area contributed by atoms with Crippen LogP contribution in [-0.2, 0) is 13.0 Å². The summed E-state index contributed by atoms with van der Waals surface area (Å²) in [5.74, 6) is 2.98. The largest absolute Gasteiger partial charge is 0.348 e. The summed E-state index contributed by atoms with van der Waals surface area (Å²) in [7, 11) is 0. The number of carbonyl (C=O) groups is 1. The van der Waals surface area contributed by atoms with Crippen molar-refractivity contribution in [1.82, 2.24) is 4.57 Å². The molecule has 1 heterocycles. The predicted octanol–water partition coefficient (Wildman–Crippen LogP) is 3.12. The van der Waals surface area contributed by atoms with E-state index in [1.165, 1.54) is 11.4 Å². The molecule has 0 spiro atoms. The van der Waals surface area contributed by atoms with Crippen molar-refractivity contribution in [3.05, 3.63) is 23.0 Å². The highest BCUT2D eigenvalue weighted by molar-refractivity contribution is 5.98. The highest BCUT2D eigenvalue weighted by atomic mass is 16.1. The lowest BCUT2D eigenvalue weighted by atomic mass is 9.96. The summed E-state index contributed by atoms with van der Waals surface area (Å²) in [5, 5.41) is 0. The summed E-state index contributed by atoms with van der Waals surface area (Å²) >= 11 is 0. The maximum absolute atomic E-state index is 11.8. The van der Waals surface area contributed by atoms with E-state index in [9.17, 15) is 4.79 Å². The van der Waals surface area contributed by atoms with Crippen LogP contribution in [0.5, 0.6) is 0 Å². The molecule has 0 atom stereocenters. The van der Waals surface area contributed by atoms with E-state index in [-0.39, 0.29) is 0 Å². The van der Waals surface area contributed by atoms with Gasteiger partial charge in [-0.2, -0.15) is 0 Å². The van der Waals surface area contributed by atoms with Crippen LogP contribution in [-0.4, -0.2) is 10.4 Å². The second kappa shape index (κ2) is 5.23. The van der Waals surface area contributed by atoms with Gasteiger partial charge in [-0.1, -0.05) is 0 Å². The number of terminal acetylenes is 1. The molecule has 0 aliphatic heterocycles. The summed E-state index contributed by atoms with van der Waals surface area (Å²) in [6.45, 7) is 3.09. The Morgan fingerprint density at radius 2 is 2.24 bits per heavy atom. The van der Waals surface area contributed by atoms with Crippen LogP contribution in [0.1, 0.15) is 53.8 Å². The van der Waals surface area contributed by atoms with Gasteiger partial charge in [0, 0.05) is 36.3 Å². The van der Waals surface area contributed by atoms with Gasteiger partial charge < -0.3 is 4.57 Å². The minimum Gasteiger partial charge on any atom is -0.348 e. The first-order chi connectivity index (χ1) is 8.24. The van der Waals surface area contributed by atoms with Gasteiger partial charge in [-0.05, 0) is 38.7 Å². The van der Waals surface area contributed by atoms with E-state index in [1.807, 2.05) is 0 Å². The molecule has 0 amide bonds. The maximum Gasteiger partial charge on any atom is 0.164 e. The Morgan fingerprint density at radius 3 is 3.00 bits per heavy atom. The average Bonchev–Trinajstić information content (AvgIpc) is 2.63. The standard InChI is InChI=1S/C15H19NO/c1-3-4-5-6-10-16-12(2)11-13-14(16)8-7-9-15(13)17/h1,11H,4-10H2,2H3. The molecule has 0 fully saturated rings. The molecule has 2 heteroatoms. The molecule has 0 unspecified atom stereocenters. The lowest BCUT2D eigenvalue weighted by molar-refractivity contribution is 0.0971. The van der Waals surface area contributed by atoms with Gasteiger partial charge in [0.25, 0.3) is 0 Å². The lowest BCUT2D eigenvalue weighted by Gasteiger charge is -2.15. The van der Waals surface area contributed by atoms with Crippen molar-refractivity contribution < 1.29 is 4.79 Å². The fourth-order valence-electron chi connectivity index (χ4n) is 2.60. The third-order valence-corrected chi connectivity index (χ3v) is 3.49. The van der Waals surface area contributed by atoms with Crippen LogP contribution in [0, 0.1) is 19.3 Å². The number of aryl methyl sites for hydroxylation is 1. The van der Waals surface area contributed by atoms with Crippen molar-refractivity contribution in [2.75, 3.05) is 0 Å². The van der Waals surface area contributed by atoms with Crippen LogP contribution >= 0.6 is 0 Å². The minimum atomic E-state index is 0.316. The molecule has 0 N–H and O–H groups in total. The van der Waals surface area contributed by atoms with Crippen LogP contribution in [0.2, 0.25) is 0 Å². The molecule has 90 valence electrons. The predicted molar refractivity (Wildman–Crippen MR) is 69.1 cm³/mol. The van der Waals surface area contributed by atoms with Crippen molar-refractivity contribution >= 4 is 5.78 Å². The van der Waals surface area contributed by atoms with E-state index in [0.29, 0.717) is 12.2 Å². The Kier molecular flexibility index (Phi) is 3.68. The van der Waals surface area contributed by atoms with Gasteiger partial charge in [-0.25, -0.2) is 0 Å². The van der Waals surface area contributed by atoms with Gasteiger partial charge in [-0.15, -0.1) is 12.3 Å². The molecule has 17 heavy (non-hydrogen) atoms. The molecule has 0 aromatic carbocycles. The lowest BCUT2D eigenvalue weighted by Crippen LogP contribution is -2.13. The van der Waals surface area contributed by atoms with Crippen molar-refractivity contribution in [3.63, 3.8) is 0 Å². The molecular weight excluding hydrogens is 210 g/mol. The Bertz CT molecular complexity index is 462. The Morgan fingerprint density at radius 1 is 1.41 bits per heavy atom. The number of aromatic nitrogens is 1. The van der Waals surface area contributed by atoms with Gasteiger partial charge in [0.1, 0.15) is 0 Å². The van der Waals surface area contributed by atoms with Crippen LogP contribution in [0.15, 0.2) is 6.07 Å². The van der Waals surface area contributed by atoms with E-state index in [2.05, 4.69) is 23.5 Å². The summed E-state index contributed by atoms with van der Waals surface area (Å²) < 4.78 is 2.31. The number of rotatable bonds is 4. The van der Waals surface area contributed by atoms with Crippen LogP contribution in [0.4, 0.5) is 0 Å². The number of hydrogen-bond acceptors (Lipinski definition) is 1. The van der Waals surface area contributed by atoms with Crippen molar-refractivity contribution in [3.8, 4) is 12.3 Å². The molecule has 0 saturated heterocycles. The highest BCUT2D eigenvalue weighted by Gasteiger charge is 2.21. The van der Waals surface area contributed by atoms with Gasteiger partial charge in [0.2, 0.25) is 0 Å². The third-order valence-electron chi connectivity index (χ3n) is 3.49. The smallest absolute Gasteiger partial charge is 0.164 e. The molecule has 1 aromatic rings. The fourth-order valence-corrected chi connectivity index (χ4v) is 2.60. The summed E-state index contributed by atoms with van der Waals surface area (Å²) in [6.07, 6.45) is 11.0. The first-order valence-electron chi connectivity index (χ1n) is 6.39. The number of hydrogen-bond donors (Lipinski definition) is 0. The minimum absolute atomic E-state index is 0.316. The number of nitrogens with zero attached hydrogens (tertiary/aromatic N) is 1. The molecule has 1 aliphatic rings. The number of ketones is 1. The molecule has 0 saturated carbocycles. The molecule has 0 bridgehead atoms. The molecule has 0 radical (unpaired) electrons. The maximum atomic E-state index is 11.8. The highest BCUT2D eigenvalue weighted by Crippen LogP contribution is 2.25. The van der Waals surface area contributed by atoms with Gasteiger partial charge in [0.15, 0.2) is 5.78 Å². The van der Waals surface area contributed by atoms with Crippen LogP contribution < -0.4 is 0 Å². The Balaban J connectivity index is 2.12. The quantitative estimate of drug-likeness (QED) is 0.574. The molecule has 1 aliphatic carbocycles. The number of fused-ring (bicyclic) bond motifs is 1. The van der Waals surface area contributed by atoms with Crippen molar-refractivity contribution in [2.45, 2.75) is 52.0 Å². The SMILES string of the molecule is C#CCCCCn1c(C)cc2c1CCCC2=O. The zero-order chi connectivity index (χ0) is 12.3. The topological polar surface area (TPSA) is 22.0 Å². The summed E-state index contributed by atoms with van der Waals surface area (Å²) in [5.41, 5.74) is 3.43. The molecule has 2 rings (SSSR count). The second-order valence-electron chi connectivity index (χ2n) is 4.74. The van der Waals surface area contributed by atoms with Crippen LogP contribution in [0.3, 0.4) is 0 Å². The molecule has 1 aromatic heterocycles. The van der Waals surface area contributed by atoms with E-state index in [4.69, 9.17) is 6.42 Å². The van der Waals surface area contributed by atoms with Gasteiger partial charge in [-0.3, -0.25) is 4.79 Å².